The lowest BCUT2D eigenvalue weighted by Gasteiger charge is -2.31. The standard InChI is InChI=1S/C25H30F2N6O3S2/c26-19-6-3-7-20(27)21(19)22(34)23-24(28)32-25(37-23)31-18-9-14-33(15-10-18)38(35,36)16-4-11-29-13-8-17-5-1-2-12-30-17/h1-3,5-7,12,18,29H,4,8-11,13-16,28H2,(H,31,32). The van der Waals surface area contributed by atoms with Crippen molar-refractivity contribution in [2.45, 2.75) is 31.7 Å². The lowest BCUT2D eigenvalue weighted by atomic mass is 10.1. The van der Waals surface area contributed by atoms with Gasteiger partial charge in [0.25, 0.3) is 0 Å². The molecule has 4 N–H and O–H groups in total. The molecule has 1 aliphatic heterocycles. The molecule has 0 unspecified atom stereocenters. The number of nitrogens with zero attached hydrogens (tertiary/aromatic N) is 3. The van der Waals surface area contributed by atoms with E-state index in [2.05, 4.69) is 20.6 Å². The number of rotatable bonds is 12. The molecule has 0 aliphatic carbocycles. The van der Waals surface area contributed by atoms with E-state index in [-0.39, 0.29) is 22.5 Å². The van der Waals surface area contributed by atoms with Gasteiger partial charge in [-0.05, 0) is 50.1 Å². The number of anilines is 2. The SMILES string of the molecule is Nc1nc(NC2CCN(S(=O)(=O)CCCNCCc3ccccn3)CC2)sc1C(=O)c1c(F)cccc1F. The van der Waals surface area contributed by atoms with Gasteiger partial charge >= 0.3 is 0 Å². The van der Waals surface area contributed by atoms with Crippen LogP contribution in [0.5, 0.6) is 0 Å². The Hall–Kier alpha value is -3.00. The lowest BCUT2D eigenvalue weighted by Crippen LogP contribution is -2.43. The number of hydrogen-bond donors (Lipinski definition) is 3. The molecule has 204 valence electrons. The third kappa shape index (κ3) is 7.10. The Labute approximate surface area is 224 Å². The monoisotopic (exact) mass is 564 g/mol. The summed E-state index contributed by atoms with van der Waals surface area (Å²) in [7, 11) is -3.37. The first-order valence-corrected chi connectivity index (χ1v) is 14.8. The Morgan fingerprint density at radius 1 is 1.11 bits per heavy atom. The number of thiazole rings is 1. The van der Waals surface area contributed by atoms with E-state index in [1.54, 1.807) is 6.20 Å². The smallest absolute Gasteiger partial charge is 0.214 e. The summed E-state index contributed by atoms with van der Waals surface area (Å²) in [6.07, 6.45) is 4.15. The van der Waals surface area contributed by atoms with Gasteiger partial charge in [-0.15, -0.1) is 0 Å². The topological polar surface area (TPSA) is 130 Å². The first-order chi connectivity index (χ1) is 18.2. The summed E-state index contributed by atoms with van der Waals surface area (Å²) in [5.74, 6) is -2.84. The molecule has 1 saturated heterocycles. The molecule has 2 aromatic heterocycles. The summed E-state index contributed by atoms with van der Waals surface area (Å²) >= 11 is 0.923. The molecule has 4 rings (SSSR count). The molecule has 0 bridgehead atoms. The van der Waals surface area contributed by atoms with Gasteiger partial charge in [-0.3, -0.25) is 9.78 Å². The van der Waals surface area contributed by atoms with E-state index >= 15 is 0 Å². The fraction of sp³-hybridized carbons (Fsp3) is 0.400. The second-order valence-electron chi connectivity index (χ2n) is 8.97. The zero-order valence-electron chi connectivity index (χ0n) is 20.7. The number of sulfonamides is 1. The van der Waals surface area contributed by atoms with E-state index in [0.29, 0.717) is 44.0 Å². The van der Waals surface area contributed by atoms with E-state index in [1.807, 2.05) is 18.2 Å². The van der Waals surface area contributed by atoms with E-state index in [0.717, 1.165) is 42.1 Å². The van der Waals surface area contributed by atoms with Crippen LogP contribution in [0.25, 0.3) is 0 Å². The van der Waals surface area contributed by atoms with Gasteiger partial charge in [-0.2, -0.15) is 0 Å². The maximum absolute atomic E-state index is 14.0. The highest BCUT2D eigenvalue weighted by molar-refractivity contribution is 7.89. The summed E-state index contributed by atoms with van der Waals surface area (Å²) in [4.78, 5) is 21.0. The van der Waals surface area contributed by atoms with Crippen molar-refractivity contribution in [3.63, 3.8) is 0 Å². The van der Waals surface area contributed by atoms with Gasteiger partial charge in [0.05, 0.1) is 11.3 Å². The molecular formula is C25H30F2N6O3S2. The predicted molar refractivity (Wildman–Crippen MR) is 144 cm³/mol. The largest absolute Gasteiger partial charge is 0.382 e. The fourth-order valence-electron chi connectivity index (χ4n) is 4.23. The Morgan fingerprint density at radius 3 is 2.53 bits per heavy atom. The lowest BCUT2D eigenvalue weighted by molar-refractivity contribution is 0.103. The number of pyridine rings is 1. The van der Waals surface area contributed by atoms with Crippen LogP contribution < -0.4 is 16.4 Å². The fourth-order valence-corrected chi connectivity index (χ4v) is 6.68. The normalized spacial score (nSPS) is 15.0. The molecule has 3 aromatic rings. The summed E-state index contributed by atoms with van der Waals surface area (Å²) in [5, 5.41) is 6.79. The summed E-state index contributed by atoms with van der Waals surface area (Å²) in [5.41, 5.74) is 6.19. The third-order valence-electron chi connectivity index (χ3n) is 6.26. The highest BCUT2D eigenvalue weighted by Gasteiger charge is 2.29. The van der Waals surface area contributed by atoms with Crippen LogP contribution in [0.3, 0.4) is 0 Å². The Bertz CT molecular complexity index is 1330. The number of aromatic nitrogens is 2. The quantitative estimate of drug-likeness (QED) is 0.226. The average molecular weight is 565 g/mol. The van der Waals surface area contributed by atoms with Crippen LogP contribution in [0.4, 0.5) is 19.7 Å². The van der Waals surface area contributed by atoms with E-state index in [4.69, 9.17) is 5.73 Å². The number of nitrogens with two attached hydrogens (primary N) is 1. The molecule has 0 saturated carbocycles. The van der Waals surface area contributed by atoms with Gasteiger partial charge < -0.3 is 16.4 Å². The third-order valence-corrected chi connectivity index (χ3v) is 9.22. The summed E-state index contributed by atoms with van der Waals surface area (Å²) in [6.45, 7) is 2.06. The van der Waals surface area contributed by atoms with Crippen LogP contribution in [0.15, 0.2) is 42.6 Å². The first kappa shape index (κ1) is 28.0. The van der Waals surface area contributed by atoms with Crippen LogP contribution in [-0.4, -0.2) is 66.4 Å². The van der Waals surface area contributed by atoms with Crippen molar-refractivity contribution in [2.75, 3.05) is 43.0 Å². The van der Waals surface area contributed by atoms with Gasteiger partial charge in [0.2, 0.25) is 15.8 Å². The van der Waals surface area contributed by atoms with Crippen molar-refractivity contribution in [3.05, 3.63) is 70.4 Å². The number of carbonyl (C=O) groups is 1. The summed E-state index contributed by atoms with van der Waals surface area (Å²) in [6, 6.07) is 8.89. The molecule has 1 aliphatic rings. The van der Waals surface area contributed by atoms with Crippen molar-refractivity contribution in [1.29, 1.82) is 0 Å². The highest BCUT2D eigenvalue weighted by Crippen LogP contribution is 2.30. The molecule has 3 heterocycles. The zero-order chi connectivity index (χ0) is 27.1. The number of nitrogen functional groups attached to an aromatic ring is 1. The molecule has 9 nitrogen and oxygen atoms in total. The number of carbonyl (C=O) groups excluding carboxylic acids is 1. The van der Waals surface area contributed by atoms with Crippen molar-refractivity contribution in [3.8, 4) is 0 Å². The van der Waals surface area contributed by atoms with Crippen molar-refractivity contribution in [1.82, 2.24) is 19.6 Å². The minimum atomic E-state index is -3.37. The highest BCUT2D eigenvalue weighted by atomic mass is 32.2. The van der Waals surface area contributed by atoms with Crippen LogP contribution in [0.1, 0.15) is 40.2 Å². The van der Waals surface area contributed by atoms with E-state index < -0.39 is 33.0 Å². The first-order valence-electron chi connectivity index (χ1n) is 12.3. The van der Waals surface area contributed by atoms with Gasteiger partial charge in [0, 0.05) is 44.0 Å². The number of halogens is 2. The number of benzene rings is 1. The number of ketones is 1. The molecule has 1 fully saturated rings. The molecule has 13 heteroatoms. The second-order valence-corrected chi connectivity index (χ2v) is 12.1. The molecule has 0 radical (unpaired) electrons. The molecule has 38 heavy (non-hydrogen) atoms. The molecule has 0 spiro atoms. The summed E-state index contributed by atoms with van der Waals surface area (Å²) < 4.78 is 55.1. The Morgan fingerprint density at radius 2 is 1.84 bits per heavy atom. The van der Waals surface area contributed by atoms with Crippen molar-refractivity contribution >= 4 is 38.1 Å². The van der Waals surface area contributed by atoms with Crippen LogP contribution in [0, 0.1) is 11.6 Å². The van der Waals surface area contributed by atoms with E-state index in [9.17, 15) is 22.0 Å². The number of piperidine rings is 1. The van der Waals surface area contributed by atoms with Gasteiger partial charge in [0.15, 0.2) is 5.13 Å². The molecule has 0 atom stereocenters. The molecule has 1 aromatic carbocycles. The maximum atomic E-state index is 14.0. The van der Waals surface area contributed by atoms with Gasteiger partial charge in [-0.25, -0.2) is 26.5 Å². The minimum absolute atomic E-state index is 0.0508. The average Bonchev–Trinajstić information content (AvgIpc) is 3.26. The minimum Gasteiger partial charge on any atom is -0.382 e. The van der Waals surface area contributed by atoms with Crippen LogP contribution in [-0.2, 0) is 16.4 Å². The van der Waals surface area contributed by atoms with Crippen LogP contribution >= 0.6 is 11.3 Å². The van der Waals surface area contributed by atoms with E-state index in [1.165, 1.54) is 10.4 Å². The van der Waals surface area contributed by atoms with Crippen LogP contribution in [0.2, 0.25) is 0 Å². The number of nitrogens with one attached hydrogen (secondary N) is 2. The maximum Gasteiger partial charge on any atom is 0.214 e. The Kier molecular flexibility index (Phi) is 9.36. The molecular weight excluding hydrogens is 534 g/mol. The van der Waals surface area contributed by atoms with Crippen molar-refractivity contribution < 1.29 is 22.0 Å². The Balaban J connectivity index is 1.22. The predicted octanol–water partition coefficient (Wildman–Crippen LogP) is 3.06. The second kappa shape index (κ2) is 12.7. The number of hydrogen-bond acceptors (Lipinski definition) is 9. The zero-order valence-corrected chi connectivity index (χ0v) is 22.3. The van der Waals surface area contributed by atoms with Gasteiger partial charge in [-0.1, -0.05) is 23.5 Å². The molecule has 0 amide bonds. The van der Waals surface area contributed by atoms with Crippen molar-refractivity contribution in [2.24, 2.45) is 0 Å². The van der Waals surface area contributed by atoms with Gasteiger partial charge in [0.1, 0.15) is 22.3 Å².